The van der Waals surface area contributed by atoms with Crippen molar-refractivity contribution in [2.24, 2.45) is 5.41 Å². The predicted octanol–water partition coefficient (Wildman–Crippen LogP) is 2.63. The molecule has 2 aliphatic rings. The fraction of sp³-hybridized carbons (Fsp3) is 0.455. The average molecular weight is 394 g/mol. The number of piperidine rings is 2. The Morgan fingerprint density at radius 1 is 1.10 bits per heavy atom. The van der Waals surface area contributed by atoms with Crippen LogP contribution in [0.5, 0.6) is 0 Å². The van der Waals surface area contributed by atoms with Crippen molar-refractivity contribution in [3.05, 3.63) is 54.0 Å². The number of pyridine rings is 2. The summed E-state index contributed by atoms with van der Waals surface area (Å²) in [6, 6.07) is 7.40. The molecule has 1 amide bonds. The summed E-state index contributed by atoms with van der Waals surface area (Å²) >= 11 is 0. The second-order valence-electron chi connectivity index (χ2n) is 8.12. The Hall–Kier alpha value is -2.96. The van der Waals surface area contributed by atoms with Gasteiger partial charge in [-0.2, -0.15) is 0 Å². The highest BCUT2D eigenvalue weighted by molar-refractivity contribution is 5.87. The molecule has 0 aliphatic carbocycles. The molecule has 2 saturated heterocycles. The zero-order valence-corrected chi connectivity index (χ0v) is 16.5. The fourth-order valence-electron chi connectivity index (χ4n) is 4.44. The van der Waals surface area contributed by atoms with E-state index in [1.54, 1.807) is 24.5 Å². The van der Waals surface area contributed by atoms with Crippen molar-refractivity contribution >= 4 is 17.7 Å². The highest BCUT2D eigenvalue weighted by Gasteiger charge is 2.41. The van der Waals surface area contributed by atoms with Crippen LogP contribution in [-0.4, -0.2) is 58.0 Å². The quantitative estimate of drug-likeness (QED) is 0.839. The fourth-order valence-corrected chi connectivity index (χ4v) is 4.44. The van der Waals surface area contributed by atoms with Gasteiger partial charge in [0.1, 0.15) is 5.82 Å². The molecule has 2 aromatic heterocycles. The van der Waals surface area contributed by atoms with Crippen molar-refractivity contribution in [2.75, 3.05) is 31.1 Å². The van der Waals surface area contributed by atoms with Gasteiger partial charge in [-0.25, -0.2) is 9.78 Å². The average Bonchev–Trinajstić information content (AvgIpc) is 2.76. The summed E-state index contributed by atoms with van der Waals surface area (Å²) in [4.78, 5) is 36.1. The van der Waals surface area contributed by atoms with Crippen LogP contribution in [0.2, 0.25) is 0 Å². The zero-order valence-electron chi connectivity index (χ0n) is 16.5. The molecular weight excluding hydrogens is 368 g/mol. The molecule has 7 heteroatoms. The van der Waals surface area contributed by atoms with Gasteiger partial charge in [0, 0.05) is 51.2 Å². The lowest BCUT2D eigenvalue weighted by atomic mass is 9.72. The van der Waals surface area contributed by atoms with E-state index >= 15 is 0 Å². The molecule has 2 aliphatic heterocycles. The molecule has 4 rings (SSSR count). The van der Waals surface area contributed by atoms with E-state index in [0.717, 1.165) is 57.7 Å². The molecule has 0 radical (unpaired) electrons. The number of amides is 1. The standard InChI is InChI=1S/C22H26N4O3/c27-20-3-7-22(16-26(20)12-6-17-4-10-23-11-5-17)8-13-25(14-9-22)19-2-1-18(15-24-19)21(28)29/h1-2,4-5,10-11,15H,3,6-9,12-14,16H2,(H,28,29). The summed E-state index contributed by atoms with van der Waals surface area (Å²) in [6.45, 7) is 3.35. The molecule has 1 N–H and O–H groups in total. The first-order chi connectivity index (χ1) is 14.0. The van der Waals surface area contributed by atoms with Gasteiger partial charge in [-0.05, 0) is 60.9 Å². The third-order valence-electron chi connectivity index (χ3n) is 6.31. The molecule has 2 aromatic rings. The molecular formula is C22H26N4O3. The molecule has 29 heavy (non-hydrogen) atoms. The monoisotopic (exact) mass is 394 g/mol. The first-order valence-electron chi connectivity index (χ1n) is 10.2. The second kappa shape index (κ2) is 8.19. The van der Waals surface area contributed by atoms with E-state index in [-0.39, 0.29) is 16.9 Å². The maximum atomic E-state index is 12.5. The number of aromatic nitrogens is 2. The SMILES string of the molecule is O=C(O)c1ccc(N2CCC3(CCC(=O)N(CCc4ccncc4)C3)CC2)nc1. The molecule has 0 saturated carbocycles. The summed E-state index contributed by atoms with van der Waals surface area (Å²) in [5.41, 5.74) is 1.60. The lowest BCUT2D eigenvalue weighted by molar-refractivity contribution is -0.138. The predicted molar refractivity (Wildman–Crippen MR) is 109 cm³/mol. The Morgan fingerprint density at radius 3 is 2.52 bits per heavy atom. The number of likely N-dealkylation sites (tertiary alicyclic amines) is 1. The van der Waals surface area contributed by atoms with Crippen LogP contribution < -0.4 is 4.90 Å². The molecule has 0 bridgehead atoms. The maximum absolute atomic E-state index is 12.5. The number of nitrogens with zero attached hydrogens (tertiary/aromatic N) is 4. The largest absolute Gasteiger partial charge is 0.478 e. The highest BCUT2D eigenvalue weighted by Crippen LogP contribution is 2.41. The first kappa shape index (κ1) is 19.4. The first-order valence-corrected chi connectivity index (χ1v) is 10.2. The van der Waals surface area contributed by atoms with Crippen LogP contribution in [0, 0.1) is 5.41 Å². The molecule has 4 heterocycles. The lowest BCUT2D eigenvalue weighted by Crippen LogP contribution is -2.52. The maximum Gasteiger partial charge on any atom is 0.337 e. The van der Waals surface area contributed by atoms with Crippen molar-refractivity contribution in [3.8, 4) is 0 Å². The van der Waals surface area contributed by atoms with Crippen molar-refractivity contribution in [1.29, 1.82) is 0 Å². The summed E-state index contributed by atoms with van der Waals surface area (Å²) in [5.74, 6) is 0.129. The Kier molecular flexibility index (Phi) is 5.47. The summed E-state index contributed by atoms with van der Waals surface area (Å²) in [6.07, 6.45) is 9.49. The van der Waals surface area contributed by atoms with Crippen molar-refractivity contribution < 1.29 is 14.7 Å². The van der Waals surface area contributed by atoms with Gasteiger partial charge in [0.05, 0.1) is 5.56 Å². The van der Waals surface area contributed by atoms with Crippen LogP contribution in [0.15, 0.2) is 42.9 Å². The minimum absolute atomic E-state index is 0.184. The number of hydrogen-bond acceptors (Lipinski definition) is 5. The Morgan fingerprint density at radius 2 is 1.86 bits per heavy atom. The van der Waals surface area contributed by atoms with Gasteiger partial charge in [0.15, 0.2) is 0 Å². The highest BCUT2D eigenvalue weighted by atomic mass is 16.4. The minimum atomic E-state index is -0.958. The smallest absolute Gasteiger partial charge is 0.337 e. The third-order valence-corrected chi connectivity index (χ3v) is 6.31. The molecule has 1 spiro atoms. The van der Waals surface area contributed by atoms with Crippen molar-refractivity contribution in [1.82, 2.24) is 14.9 Å². The number of anilines is 1. The van der Waals surface area contributed by atoms with Gasteiger partial charge < -0.3 is 14.9 Å². The van der Waals surface area contributed by atoms with Crippen molar-refractivity contribution in [3.63, 3.8) is 0 Å². The number of carboxylic acid groups (broad SMARTS) is 1. The van der Waals surface area contributed by atoms with Crippen LogP contribution in [0.3, 0.4) is 0 Å². The Bertz CT molecular complexity index is 861. The molecule has 0 aromatic carbocycles. The summed E-state index contributed by atoms with van der Waals surface area (Å²) in [5, 5.41) is 9.03. The van der Waals surface area contributed by atoms with Crippen LogP contribution in [0.1, 0.15) is 41.6 Å². The van der Waals surface area contributed by atoms with Crippen LogP contribution >= 0.6 is 0 Å². The van der Waals surface area contributed by atoms with Gasteiger partial charge in [-0.15, -0.1) is 0 Å². The second-order valence-corrected chi connectivity index (χ2v) is 8.12. The Labute approximate surface area is 170 Å². The topological polar surface area (TPSA) is 86.6 Å². The number of rotatable bonds is 5. The number of carboxylic acids is 1. The van der Waals surface area contributed by atoms with Gasteiger partial charge in [-0.3, -0.25) is 9.78 Å². The van der Waals surface area contributed by atoms with Crippen LogP contribution in [-0.2, 0) is 11.2 Å². The minimum Gasteiger partial charge on any atom is -0.478 e. The normalized spacial score (nSPS) is 18.8. The third kappa shape index (κ3) is 4.39. The van der Waals surface area contributed by atoms with Gasteiger partial charge in [0.25, 0.3) is 0 Å². The van der Waals surface area contributed by atoms with Gasteiger partial charge in [-0.1, -0.05) is 0 Å². The van der Waals surface area contributed by atoms with E-state index in [1.165, 1.54) is 11.8 Å². The van der Waals surface area contributed by atoms with E-state index in [1.807, 2.05) is 17.0 Å². The van der Waals surface area contributed by atoms with Gasteiger partial charge >= 0.3 is 5.97 Å². The molecule has 152 valence electrons. The van der Waals surface area contributed by atoms with Crippen LogP contribution in [0.25, 0.3) is 0 Å². The molecule has 2 fully saturated rings. The lowest BCUT2D eigenvalue weighted by Gasteiger charge is -2.47. The van der Waals surface area contributed by atoms with E-state index in [2.05, 4.69) is 14.9 Å². The van der Waals surface area contributed by atoms with E-state index < -0.39 is 5.97 Å². The number of carbonyl (C=O) groups is 2. The Balaban J connectivity index is 1.35. The number of aromatic carboxylic acids is 1. The molecule has 0 unspecified atom stereocenters. The summed E-state index contributed by atoms with van der Waals surface area (Å²) < 4.78 is 0. The number of carbonyl (C=O) groups excluding carboxylic acids is 1. The van der Waals surface area contributed by atoms with Crippen molar-refractivity contribution in [2.45, 2.75) is 32.1 Å². The molecule has 0 atom stereocenters. The summed E-state index contributed by atoms with van der Waals surface area (Å²) in [7, 11) is 0. The van der Waals surface area contributed by atoms with Crippen LogP contribution in [0.4, 0.5) is 5.82 Å². The molecule has 7 nitrogen and oxygen atoms in total. The van der Waals surface area contributed by atoms with Gasteiger partial charge in [0.2, 0.25) is 5.91 Å². The number of hydrogen-bond donors (Lipinski definition) is 1. The van der Waals surface area contributed by atoms with E-state index in [0.29, 0.717) is 6.42 Å². The van der Waals surface area contributed by atoms with E-state index in [4.69, 9.17) is 5.11 Å². The van der Waals surface area contributed by atoms with E-state index in [9.17, 15) is 9.59 Å². The zero-order chi connectivity index (χ0) is 20.3.